The minimum absolute atomic E-state index is 0.241. The molecule has 14 heavy (non-hydrogen) atoms. The molecule has 0 amide bonds. The number of rotatable bonds is 1. The van der Waals surface area contributed by atoms with E-state index in [1.165, 1.54) is 0 Å². The number of hydrogen-bond acceptors (Lipinski definition) is 3. The number of nitrogens with zero attached hydrogens (tertiary/aromatic N) is 2. The van der Waals surface area contributed by atoms with Crippen molar-refractivity contribution in [2.75, 3.05) is 0 Å². The van der Waals surface area contributed by atoms with Crippen molar-refractivity contribution in [3.05, 3.63) is 42.4 Å². The minimum atomic E-state index is 0.241. The molecule has 1 aromatic heterocycles. The molecule has 0 saturated carbocycles. The van der Waals surface area contributed by atoms with Gasteiger partial charge in [-0.15, -0.1) is 0 Å². The summed E-state index contributed by atoms with van der Waals surface area (Å²) < 4.78 is 0. The van der Waals surface area contributed by atoms with Crippen molar-refractivity contribution in [3.8, 4) is 17.0 Å². The highest BCUT2D eigenvalue weighted by atomic mass is 16.3. The molecule has 0 radical (unpaired) electrons. The lowest BCUT2D eigenvalue weighted by Crippen LogP contribution is -1.85. The molecule has 3 heteroatoms. The minimum Gasteiger partial charge on any atom is -0.507 e. The molecular weight excluding hydrogens is 176 g/mol. The Labute approximate surface area is 82.1 Å². The van der Waals surface area contributed by atoms with E-state index in [1.54, 1.807) is 24.7 Å². The van der Waals surface area contributed by atoms with Gasteiger partial charge in [-0.3, -0.25) is 9.97 Å². The first-order valence-electron chi connectivity index (χ1n) is 4.33. The van der Waals surface area contributed by atoms with Gasteiger partial charge in [-0.2, -0.15) is 0 Å². The molecule has 0 aliphatic heterocycles. The van der Waals surface area contributed by atoms with Gasteiger partial charge < -0.3 is 5.11 Å². The number of phenolic OH excluding ortho intramolecular Hbond substituents is 1. The SMILES string of the molecule is Cc1ccc(-c2cnccn2)c(O)c1. The Kier molecular flexibility index (Phi) is 2.14. The van der Waals surface area contributed by atoms with E-state index < -0.39 is 0 Å². The lowest BCUT2D eigenvalue weighted by atomic mass is 10.1. The highest BCUT2D eigenvalue weighted by molar-refractivity contribution is 5.66. The molecule has 0 aliphatic rings. The van der Waals surface area contributed by atoms with Crippen LogP contribution in [0.4, 0.5) is 0 Å². The van der Waals surface area contributed by atoms with E-state index in [2.05, 4.69) is 9.97 Å². The lowest BCUT2D eigenvalue weighted by molar-refractivity contribution is 0.476. The summed E-state index contributed by atoms with van der Waals surface area (Å²) in [5.74, 6) is 0.241. The summed E-state index contributed by atoms with van der Waals surface area (Å²) >= 11 is 0. The molecule has 0 aliphatic carbocycles. The number of benzene rings is 1. The summed E-state index contributed by atoms with van der Waals surface area (Å²) in [7, 11) is 0. The Morgan fingerprint density at radius 1 is 1.21 bits per heavy atom. The molecule has 1 heterocycles. The van der Waals surface area contributed by atoms with Crippen LogP contribution in [0.25, 0.3) is 11.3 Å². The van der Waals surface area contributed by atoms with Crippen LogP contribution in [-0.2, 0) is 0 Å². The molecule has 2 rings (SSSR count). The van der Waals surface area contributed by atoms with Gasteiger partial charge in [0.05, 0.1) is 11.9 Å². The highest BCUT2D eigenvalue weighted by Crippen LogP contribution is 2.27. The highest BCUT2D eigenvalue weighted by Gasteiger charge is 2.04. The van der Waals surface area contributed by atoms with Crippen molar-refractivity contribution in [1.29, 1.82) is 0 Å². The van der Waals surface area contributed by atoms with Crippen LogP contribution >= 0.6 is 0 Å². The van der Waals surface area contributed by atoms with Gasteiger partial charge in [0.1, 0.15) is 5.75 Å². The summed E-state index contributed by atoms with van der Waals surface area (Å²) in [6.07, 6.45) is 4.84. The molecular formula is C11H10N2O. The second kappa shape index (κ2) is 3.46. The Hall–Kier alpha value is -1.90. The number of phenols is 1. The van der Waals surface area contributed by atoms with Crippen LogP contribution in [0.2, 0.25) is 0 Å². The monoisotopic (exact) mass is 186 g/mol. The topological polar surface area (TPSA) is 46.0 Å². The molecule has 0 spiro atoms. The number of aromatic hydroxyl groups is 1. The van der Waals surface area contributed by atoms with Crippen molar-refractivity contribution < 1.29 is 5.11 Å². The first-order valence-corrected chi connectivity index (χ1v) is 4.33. The van der Waals surface area contributed by atoms with Gasteiger partial charge in [0.2, 0.25) is 0 Å². The largest absolute Gasteiger partial charge is 0.507 e. The van der Waals surface area contributed by atoms with E-state index in [0.29, 0.717) is 11.3 Å². The predicted molar refractivity (Wildman–Crippen MR) is 53.9 cm³/mol. The molecule has 0 atom stereocenters. The zero-order valence-electron chi connectivity index (χ0n) is 7.81. The number of aryl methyl sites for hydroxylation is 1. The van der Waals surface area contributed by atoms with Crippen LogP contribution < -0.4 is 0 Å². The maximum Gasteiger partial charge on any atom is 0.125 e. The molecule has 0 fully saturated rings. The average molecular weight is 186 g/mol. The van der Waals surface area contributed by atoms with Crippen molar-refractivity contribution in [2.45, 2.75) is 6.92 Å². The van der Waals surface area contributed by atoms with Gasteiger partial charge in [0.15, 0.2) is 0 Å². The van der Waals surface area contributed by atoms with Crippen molar-refractivity contribution in [2.24, 2.45) is 0 Å². The van der Waals surface area contributed by atoms with E-state index in [4.69, 9.17) is 0 Å². The molecule has 0 saturated heterocycles. The van der Waals surface area contributed by atoms with Crippen molar-refractivity contribution in [3.63, 3.8) is 0 Å². The second-order valence-corrected chi connectivity index (χ2v) is 3.11. The maximum atomic E-state index is 9.68. The third-order valence-electron chi connectivity index (χ3n) is 1.99. The van der Waals surface area contributed by atoms with Crippen LogP contribution in [0.5, 0.6) is 5.75 Å². The van der Waals surface area contributed by atoms with Crippen molar-refractivity contribution in [1.82, 2.24) is 9.97 Å². The van der Waals surface area contributed by atoms with Crippen LogP contribution in [0.3, 0.4) is 0 Å². The molecule has 3 nitrogen and oxygen atoms in total. The molecule has 0 bridgehead atoms. The molecule has 2 aromatic rings. The standard InChI is InChI=1S/C11H10N2O/c1-8-2-3-9(11(14)6-8)10-7-12-4-5-13-10/h2-7,14H,1H3. The zero-order valence-corrected chi connectivity index (χ0v) is 7.81. The fourth-order valence-electron chi connectivity index (χ4n) is 1.30. The molecule has 1 N–H and O–H groups in total. The second-order valence-electron chi connectivity index (χ2n) is 3.11. The fourth-order valence-corrected chi connectivity index (χ4v) is 1.30. The van der Waals surface area contributed by atoms with Gasteiger partial charge in [0.25, 0.3) is 0 Å². The van der Waals surface area contributed by atoms with Gasteiger partial charge in [-0.05, 0) is 24.6 Å². The van der Waals surface area contributed by atoms with E-state index >= 15 is 0 Å². The average Bonchev–Trinajstić information content (AvgIpc) is 2.19. The van der Waals surface area contributed by atoms with Gasteiger partial charge in [-0.1, -0.05) is 6.07 Å². The number of hydrogen-bond donors (Lipinski definition) is 1. The summed E-state index contributed by atoms with van der Waals surface area (Å²) in [5, 5.41) is 9.68. The summed E-state index contributed by atoms with van der Waals surface area (Å²) in [6, 6.07) is 5.49. The maximum absolute atomic E-state index is 9.68. The Bertz CT molecular complexity index is 440. The number of aromatic nitrogens is 2. The van der Waals surface area contributed by atoms with Crippen LogP contribution in [-0.4, -0.2) is 15.1 Å². The Morgan fingerprint density at radius 3 is 2.71 bits per heavy atom. The third-order valence-corrected chi connectivity index (χ3v) is 1.99. The molecule has 70 valence electrons. The van der Waals surface area contributed by atoms with Gasteiger partial charge in [0, 0.05) is 18.0 Å². The zero-order chi connectivity index (χ0) is 9.97. The van der Waals surface area contributed by atoms with Crippen LogP contribution in [0.1, 0.15) is 5.56 Å². The van der Waals surface area contributed by atoms with E-state index in [9.17, 15) is 5.11 Å². The molecule has 1 aromatic carbocycles. The predicted octanol–water partition coefficient (Wildman–Crippen LogP) is 2.16. The smallest absolute Gasteiger partial charge is 0.125 e. The summed E-state index contributed by atoms with van der Waals surface area (Å²) in [5.41, 5.74) is 2.42. The van der Waals surface area contributed by atoms with Crippen LogP contribution in [0.15, 0.2) is 36.8 Å². The first-order chi connectivity index (χ1) is 6.77. The van der Waals surface area contributed by atoms with E-state index in [-0.39, 0.29) is 5.75 Å². The quantitative estimate of drug-likeness (QED) is 0.742. The van der Waals surface area contributed by atoms with Gasteiger partial charge >= 0.3 is 0 Å². The Morgan fingerprint density at radius 2 is 2.07 bits per heavy atom. The van der Waals surface area contributed by atoms with Crippen LogP contribution in [0, 0.1) is 6.92 Å². The Balaban J connectivity index is 2.53. The fraction of sp³-hybridized carbons (Fsp3) is 0.0909. The van der Waals surface area contributed by atoms with Gasteiger partial charge in [-0.25, -0.2) is 0 Å². The summed E-state index contributed by atoms with van der Waals surface area (Å²) in [4.78, 5) is 8.07. The normalized spacial score (nSPS) is 10.1. The first kappa shape index (κ1) is 8.69. The lowest BCUT2D eigenvalue weighted by Gasteiger charge is -2.03. The van der Waals surface area contributed by atoms with E-state index in [1.807, 2.05) is 19.1 Å². The van der Waals surface area contributed by atoms with E-state index in [0.717, 1.165) is 5.56 Å². The molecule has 0 unspecified atom stereocenters. The third kappa shape index (κ3) is 1.57. The van der Waals surface area contributed by atoms with Crippen molar-refractivity contribution >= 4 is 0 Å². The summed E-state index contributed by atoms with van der Waals surface area (Å²) in [6.45, 7) is 1.93.